The number of hydrogen-bond acceptors (Lipinski definition) is 4. The van der Waals surface area contributed by atoms with E-state index < -0.39 is 68.6 Å². The number of hydrogen-bond donors (Lipinski definition) is 0. The molecular weight excluding hydrogens is 483 g/mol. The van der Waals surface area contributed by atoms with Gasteiger partial charge in [-0.2, -0.15) is 25.9 Å². The van der Waals surface area contributed by atoms with Crippen LogP contribution in [0.15, 0.2) is 24.3 Å². The highest BCUT2D eigenvalue weighted by atomic mass is 35.5. The molecule has 1 atom stereocenters. The van der Waals surface area contributed by atoms with Gasteiger partial charge in [0.1, 0.15) is 22.7 Å². The number of amides is 1. The van der Waals surface area contributed by atoms with Gasteiger partial charge in [-0.1, -0.05) is 11.6 Å². The first-order chi connectivity index (χ1) is 14.7. The van der Waals surface area contributed by atoms with E-state index in [9.17, 15) is 35.2 Å². The number of benzene rings is 1. The summed E-state index contributed by atoms with van der Waals surface area (Å²) in [5, 5.41) is -0.870. The minimum atomic E-state index is -4.79. The van der Waals surface area contributed by atoms with E-state index in [1.807, 2.05) is 0 Å². The van der Waals surface area contributed by atoms with E-state index in [-0.39, 0.29) is 5.69 Å². The monoisotopic (exact) mass is 498 g/mol. The quantitative estimate of drug-likeness (QED) is 0.480. The summed E-state index contributed by atoms with van der Waals surface area (Å²) in [4.78, 5) is 17.7. The number of aromatic nitrogens is 1. The summed E-state index contributed by atoms with van der Waals surface area (Å²) in [5.74, 6) is -3.93. The van der Waals surface area contributed by atoms with Crippen molar-refractivity contribution in [3.05, 3.63) is 52.2 Å². The van der Waals surface area contributed by atoms with Crippen molar-refractivity contribution in [1.29, 1.82) is 0 Å². The normalized spacial score (nSPS) is 18.8. The van der Waals surface area contributed by atoms with E-state index in [4.69, 9.17) is 11.6 Å². The molecule has 0 unspecified atom stereocenters. The van der Waals surface area contributed by atoms with Crippen molar-refractivity contribution in [3.8, 4) is 0 Å². The Kier molecular flexibility index (Phi) is 6.13. The lowest BCUT2D eigenvalue weighted by atomic mass is 10.2. The molecule has 0 aliphatic carbocycles. The van der Waals surface area contributed by atoms with Gasteiger partial charge in [0.2, 0.25) is 0 Å². The van der Waals surface area contributed by atoms with Crippen LogP contribution < -0.4 is 9.21 Å². The minimum absolute atomic E-state index is 0.129. The Bertz CT molecular complexity index is 1190. The number of carbonyl (C=O) groups is 1. The molecule has 0 spiro atoms. The van der Waals surface area contributed by atoms with Gasteiger partial charge in [-0.15, -0.1) is 0 Å². The maximum absolute atomic E-state index is 14.4. The van der Waals surface area contributed by atoms with Gasteiger partial charge in [0.05, 0.1) is 11.3 Å². The summed E-state index contributed by atoms with van der Waals surface area (Å²) in [5.41, 5.74) is -1.72. The standard InChI is InChI=1S/C18H16ClF5N4O3S/c1-9-6-10(18(22,23)24)7-14(25-9)28-13(8-26(2)32(28,30)31)17(29)27(3)12-5-4-11(20)15(19)16(12)21/h4-7,13H,8H2,1-3H3/t13-/m0/s1. The molecule has 2 heterocycles. The number of nitrogens with zero attached hydrogens (tertiary/aromatic N) is 4. The zero-order chi connectivity index (χ0) is 24.2. The van der Waals surface area contributed by atoms with Crippen molar-refractivity contribution in [3.63, 3.8) is 0 Å². The third-order valence-corrected chi connectivity index (χ3v) is 7.06. The average Bonchev–Trinajstić information content (AvgIpc) is 2.93. The number of pyridine rings is 1. The highest BCUT2D eigenvalue weighted by Gasteiger charge is 2.48. The molecule has 2 aromatic rings. The highest BCUT2D eigenvalue weighted by Crippen LogP contribution is 2.36. The highest BCUT2D eigenvalue weighted by molar-refractivity contribution is 7.90. The van der Waals surface area contributed by atoms with E-state index in [1.54, 1.807) is 0 Å². The molecule has 3 rings (SSSR count). The molecule has 1 saturated heterocycles. The fraction of sp³-hybridized carbons (Fsp3) is 0.333. The second-order valence-corrected chi connectivity index (χ2v) is 9.34. The molecule has 0 radical (unpaired) electrons. The first-order valence-corrected chi connectivity index (χ1v) is 10.7. The Hall–Kier alpha value is -2.51. The van der Waals surface area contributed by atoms with E-state index in [0.717, 1.165) is 36.6 Å². The number of anilines is 2. The Labute approximate surface area is 185 Å². The lowest BCUT2D eigenvalue weighted by Crippen LogP contribution is -2.47. The molecule has 1 aliphatic heterocycles. The Morgan fingerprint density at radius 3 is 2.47 bits per heavy atom. The number of rotatable bonds is 3. The van der Waals surface area contributed by atoms with E-state index in [1.165, 1.54) is 6.92 Å². The van der Waals surface area contributed by atoms with Crippen LogP contribution in [0.25, 0.3) is 0 Å². The fourth-order valence-electron chi connectivity index (χ4n) is 3.22. The van der Waals surface area contributed by atoms with Gasteiger partial charge in [-0.25, -0.2) is 18.1 Å². The second-order valence-electron chi connectivity index (χ2n) is 7.04. The Morgan fingerprint density at radius 1 is 1.25 bits per heavy atom. The van der Waals surface area contributed by atoms with Crippen LogP contribution in [0.5, 0.6) is 0 Å². The fourth-order valence-corrected chi connectivity index (χ4v) is 4.82. The molecule has 0 N–H and O–H groups in total. The lowest BCUT2D eigenvalue weighted by Gasteiger charge is -2.27. The van der Waals surface area contributed by atoms with Crippen molar-refractivity contribution in [2.75, 3.05) is 29.8 Å². The van der Waals surface area contributed by atoms with Crippen molar-refractivity contribution < 1.29 is 35.2 Å². The van der Waals surface area contributed by atoms with Gasteiger partial charge >= 0.3 is 16.4 Å². The molecule has 1 aromatic heterocycles. The topological polar surface area (TPSA) is 73.8 Å². The maximum Gasteiger partial charge on any atom is 0.416 e. The third kappa shape index (κ3) is 4.11. The minimum Gasteiger partial charge on any atom is -0.311 e. The van der Waals surface area contributed by atoms with Crippen LogP contribution in [0.1, 0.15) is 11.3 Å². The molecule has 14 heteroatoms. The Morgan fingerprint density at radius 2 is 1.88 bits per heavy atom. The molecule has 1 aromatic carbocycles. The van der Waals surface area contributed by atoms with Gasteiger partial charge in [-0.3, -0.25) is 4.79 Å². The maximum atomic E-state index is 14.4. The second kappa shape index (κ2) is 8.12. The molecular formula is C18H16ClF5N4O3S. The SMILES string of the molecule is Cc1cc(C(F)(F)F)cc(N2[C@H](C(=O)N(C)c3ccc(F)c(Cl)c3F)CN(C)S2(=O)=O)n1. The van der Waals surface area contributed by atoms with Crippen LogP contribution in [-0.2, 0) is 21.2 Å². The van der Waals surface area contributed by atoms with E-state index >= 15 is 0 Å². The van der Waals surface area contributed by atoms with Crippen molar-refractivity contribution in [1.82, 2.24) is 9.29 Å². The number of carbonyl (C=O) groups excluding carboxylic acids is 1. The van der Waals surface area contributed by atoms with Gasteiger partial charge in [0.25, 0.3) is 5.91 Å². The average molecular weight is 499 g/mol. The molecule has 1 amide bonds. The molecule has 32 heavy (non-hydrogen) atoms. The third-order valence-electron chi connectivity index (χ3n) is 4.84. The summed E-state index contributed by atoms with van der Waals surface area (Å²) >= 11 is 5.54. The van der Waals surface area contributed by atoms with Crippen LogP contribution in [0.2, 0.25) is 5.02 Å². The molecule has 0 bridgehead atoms. The molecule has 0 saturated carbocycles. The van der Waals surface area contributed by atoms with Crippen LogP contribution in [0, 0.1) is 18.6 Å². The van der Waals surface area contributed by atoms with Gasteiger partial charge in [0, 0.05) is 26.3 Å². The summed E-state index contributed by atoms with van der Waals surface area (Å²) in [6.45, 7) is 0.795. The Balaban J connectivity index is 2.09. The van der Waals surface area contributed by atoms with Crippen LogP contribution in [0.4, 0.5) is 33.5 Å². The first-order valence-electron chi connectivity index (χ1n) is 8.89. The largest absolute Gasteiger partial charge is 0.416 e. The predicted octanol–water partition coefficient (Wildman–Crippen LogP) is 3.37. The summed E-state index contributed by atoms with van der Waals surface area (Å²) in [6.07, 6.45) is -4.79. The summed E-state index contributed by atoms with van der Waals surface area (Å²) in [7, 11) is -2.19. The first kappa shape index (κ1) is 24.1. The van der Waals surface area contributed by atoms with Gasteiger partial charge in [-0.05, 0) is 31.2 Å². The number of alkyl halides is 3. The lowest BCUT2D eigenvalue weighted by molar-refractivity contribution is -0.137. The van der Waals surface area contributed by atoms with Crippen molar-refractivity contribution in [2.24, 2.45) is 0 Å². The summed E-state index contributed by atoms with van der Waals surface area (Å²) < 4.78 is 94.5. The van der Waals surface area contributed by atoms with E-state index in [0.29, 0.717) is 15.3 Å². The van der Waals surface area contributed by atoms with Crippen LogP contribution >= 0.6 is 11.6 Å². The number of aryl methyl sites for hydroxylation is 1. The van der Waals surface area contributed by atoms with Crippen molar-refractivity contribution in [2.45, 2.75) is 19.1 Å². The van der Waals surface area contributed by atoms with Crippen molar-refractivity contribution >= 4 is 39.2 Å². The van der Waals surface area contributed by atoms with Gasteiger partial charge in [0.15, 0.2) is 5.82 Å². The van der Waals surface area contributed by atoms with E-state index in [2.05, 4.69) is 4.98 Å². The molecule has 1 fully saturated rings. The molecule has 1 aliphatic rings. The zero-order valence-corrected chi connectivity index (χ0v) is 18.4. The summed E-state index contributed by atoms with van der Waals surface area (Å²) in [6, 6.07) is 1.41. The molecule has 7 nitrogen and oxygen atoms in total. The van der Waals surface area contributed by atoms with Crippen LogP contribution in [0.3, 0.4) is 0 Å². The predicted molar refractivity (Wildman–Crippen MR) is 107 cm³/mol. The number of likely N-dealkylation sites (N-methyl/N-ethyl adjacent to an activating group) is 2. The number of halogens is 6. The molecule has 174 valence electrons. The van der Waals surface area contributed by atoms with Crippen LogP contribution in [-0.4, -0.2) is 50.3 Å². The smallest absolute Gasteiger partial charge is 0.311 e. The van der Waals surface area contributed by atoms with Gasteiger partial charge < -0.3 is 4.90 Å². The zero-order valence-electron chi connectivity index (χ0n) is 16.8.